The lowest BCUT2D eigenvalue weighted by molar-refractivity contribution is 0.534. The second-order valence-corrected chi connectivity index (χ2v) is 7.85. The molecule has 1 aromatic carbocycles. The van der Waals surface area contributed by atoms with Crippen LogP contribution in [0.4, 0.5) is 0 Å². The average molecular weight is 529 g/mol. The molecular formula is C19H24IN5O3S. The number of furan rings is 1. The molecule has 29 heavy (non-hydrogen) atoms. The van der Waals surface area contributed by atoms with Crippen molar-refractivity contribution in [3.05, 3.63) is 60.1 Å². The molecule has 0 amide bonds. The summed E-state index contributed by atoms with van der Waals surface area (Å²) in [4.78, 5) is 8.11. The fourth-order valence-corrected chi connectivity index (χ4v) is 3.73. The number of sulfonamides is 1. The molecule has 2 aromatic heterocycles. The van der Waals surface area contributed by atoms with Gasteiger partial charge < -0.3 is 15.1 Å². The topological polar surface area (TPSA) is 109 Å². The molecule has 0 bridgehead atoms. The second kappa shape index (κ2) is 10.6. The Morgan fingerprint density at radius 3 is 2.62 bits per heavy atom. The normalized spacial score (nSPS) is 11.9. The highest BCUT2D eigenvalue weighted by atomic mass is 127. The van der Waals surface area contributed by atoms with Gasteiger partial charge in [-0.05, 0) is 25.1 Å². The molecule has 3 N–H and O–H groups in total. The molecule has 10 heteroatoms. The third-order valence-corrected chi connectivity index (χ3v) is 5.68. The van der Waals surface area contributed by atoms with E-state index >= 15 is 0 Å². The van der Waals surface area contributed by atoms with Crippen molar-refractivity contribution in [3.8, 4) is 0 Å². The molecule has 3 rings (SSSR count). The number of halogens is 1. The van der Waals surface area contributed by atoms with Crippen molar-refractivity contribution in [2.45, 2.75) is 18.4 Å². The zero-order valence-electron chi connectivity index (χ0n) is 16.2. The number of aliphatic imine (C=N–C) groups is 1. The van der Waals surface area contributed by atoms with Crippen LogP contribution in [-0.4, -0.2) is 39.5 Å². The number of fused-ring (bicyclic) bond motifs is 1. The van der Waals surface area contributed by atoms with Crippen molar-refractivity contribution in [2.75, 3.05) is 20.1 Å². The Hall–Kier alpha value is -2.18. The summed E-state index contributed by atoms with van der Waals surface area (Å²) in [5.74, 6) is 1.39. The van der Waals surface area contributed by atoms with E-state index in [0.29, 0.717) is 19.0 Å². The van der Waals surface area contributed by atoms with Crippen LogP contribution < -0.4 is 15.4 Å². The number of nitrogens with one attached hydrogen (secondary N) is 3. The predicted molar refractivity (Wildman–Crippen MR) is 124 cm³/mol. The van der Waals surface area contributed by atoms with E-state index in [9.17, 15) is 8.42 Å². The third kappa shape index (κ3) is 5.90. The van der Waals surface area contributed by atoms with E-state index in [4.69, 9.17) is 4.42 Å². The zero-order valence-corrected chi connectivity index (χ0v) is 19.3. The van der Waals surface area contributed by atoms with Crippen LogP contribution in [0, 0.1) is 6.92 Å². The van der Waals surface area contributed by atoms with E-state index in [1.807, 2.05) is 31.2 Å². The summed E-state index contributed by atoms with van der Waals surface area (Å²) in [7, 11) is -1.92. The van der Waals surface area contributed by atoms with E-state index in [0.717, 1.165) is 22.3 Å². The molecule has 8 nitrogen and oxygen atoms in total. The molecule has 0 radical (unpaired) electrons. The van der Waals surface area contributed by atoms with Gasteiger partial charge in [0.2, 0.25) is 10.0 Å². The molecule has 0 saturated carbocycles. The number of rotatable bonds is 7. The molecule has 0 aliphatic carbocycles. The fourth-order valence-electron chi connectivity index (χ4n) is 2.73. The highest BCUT2D eigenvalue weighted by molar-refractivity contribution is 14.0. The molecule has 0 fully saturated rings. The smallest absolute Gasteiger partial charge is 0.242 e. The monoisotopic (exact) mass is 529 g/mol. The molecule has 2 heterocycles. The molecule has 0 unspecified atom stereocenters. The first-order valence-corrected chi connectivity index (χ1v) is 10.3. The maximum Gasteiger partial charge on any atom is 0.242 e. The Labute approximate surface area is 187 Å². The highest BCUT2D eigenvalue weighted by Gasteiger charge is 2.13. The van der Waals surface area contributed by atoms with Gasteiger partial charge in [0.1, 0.15) is 16.2 Å². The Bertz CT molecular complexity index is 1070. The van der Waals surface area contributed by atoms with Gasteiger partial charge in [-0.15, -0.1) is 24.0 Å². The number of aromatic nitrogens is 1. The van der Waals surface area contributed by atoms with Gasteiger partial charge >= 0.3 is 0 Å². The maximum atomic E-state index is 12.1. The van der Waals surface area contributed by atoms with E-state index in [1.165, 1.54) is 18.5 Å². The summed E-state index contributed by atoms with van der Waals surface area (Å²) in [5.41, 5.74) is 1.94. The number of pyridine rings is 1. The van der Waals surface area contributed by atoms with Crippen LogP contribution in [-0.2, 0) is 16.6 Å². The van der Waals surface area contributed by atoms with Crippen molar-refractivity contribution < 1.29 is 12.8 Å². The summed E-state index contributed by atoms with van der Waals surface area (Å²) in [6, 6.07) is 11.0. The van der Waals surface area contributed by atoms with E-state index < -0.39 is 10.0 Å². The van der Waals surface area contributed by atoms with Crippen LogP contribution >= 0.6 is 24.0 Å². The lowest BCUT2D eigenvalue weighted by atomic mass is 10.1. The van der Waals surface area contributed by atoms with Gasteiger partial charge in [-0.2, -0.15) is 0 Å². The standard InChI is InChI=1S/C19H23N5O3S.HI/c1-14-16-7-3-4-8-17(16)27-18(14)13-23-19(20-2)22-10-11-24-28(25,26)15-6-5-9-21-12-15;/h3-9,12,24H,10-11,13H2,1-2H3,(H2,20,22,23);1H. The Balaban J connectivity index is 0.00000300. The summed E-state index contributed by atoms with van der Waals surface area (Å²) in [6.07, 6.45) is 2.84. The van der Waals surface area contributed by atoms with Gasteiger partial charge in [-0.1, -0.05) is 18.2 Å². The maximum absolute atomic E-state index is 12.1. The Kier molecular flexibility index (Phi) is 8.41. The number of nitrogens with zero attached hydrogens (tertiary/aromatic N) is 2. The van der Waals surface area contributed by atoms with Crippen molar-refractivity contribution in [1.82, 2.24) is 20.3 Å². The molecule has 3 aromatic rings. The Morgan fingerprint density at radius 2 is 1.93 bits per heavy atom. The molecule has 0 spiro atoms. The molecule has 0 atom stereocenters. The summed E-state index contributed by atoms with van der Waals surface area (Å²) in [6.45, 7) is 3.08. The van der Waals surface area contributed by atoms with Gasteiger partial charge in [0.25, 0.3) is 0 Å². The highest BCUT2D eigenvalue weighted by Crippen LogP contribution is 2.24. The van der Waals surface area contributed by atoms with Crippen LogP contribution in [0.15, 0.2) is 63.1 Å². The second-order valence-electron chi connectivity index (χ2n) is 6.09. The first kappa shape index (κ1) is 23.1. The lowest BCUT2D eigenvalue weighted by Crippen LogP contribution is -2.41. The number of aryl methyl sites for hydroxylation is 1. The van der Waals surface area contributed by atoms with Crippen LogP contribution in [0.5, 0.6) is 0 Å². The lowest BCUT2D eigenvalue weighted by Gasteiger charge is -2.12. The minimum atomic E-state index is -3.57. The van der Waals surface area contributed by atoms with E-state index in [2.05, 4.69) is 25.3 Å². The zero-order chi connectivity index (χ0) is 20.0. The molecule has 0 aliphatic rings. The first-order valence-electron chi connectivity index (χ1n) is 8.82. The Morgan fingerprint density at radius 1 is 1.14 bits per heavy atom. The van der Waals surface area contributed by atoms with Crippen molar-refractivity contribution in [2.24, 2.45) is 4.99 Å². The minimum Gasteiger partial charge on any atom is -0.459 e. The number of para-hydroxylation sites is 1. The van der Waals surface area contributed by atoms with Gasteiger partial charge in [0, 0.05) is 43.5 Å². The summed E-state index contributed by atoms with van der Waals surface area (Å²) in [5, 5.41) is 7.34. The van der Waals surface area contributed by atoms with Gasteiger partial charge in [0.15, 0.2) is 5.96 Å². The van der Waals surface area contributed by atoms with Crippen LogP contribution in [0.2, 0.25) is 0 Å². The number of hydrogen-bond acceptors (Lipinski definition) is 5. The first-order chi connectivity index (χ1) is 13.5. The molecule has 0 saturated heterocycles. The minimum absolute atomic E-state index is 0. The van der Waals surface area contributed by atoms with E-state index in [-0.39, 0.29) is 35.4 Å². The van der Waals surface area contributed by atoms with Gasteiger partial charge in [0.05, 0.1) is 6.54 Å². The van der Waals surface area contributed by atoms with Crippen molar-refractivity contribution >= 4 is 50.9 Å². The number of guanidine groups is 1. The largest absolute Gasteiger partial charge is 0.459 e. The number of hydrogen-bond donors (Lipinski definition) is 3. The summed E-state index contributed by atoms with van der Waals surface area (Å²) < 4.78 is 32.7. The molecule has 0 aliphatic heterocycles. The molecular weight excluding hydrogens is 505 g/mol. The predicted octanol–water partition coefficient (Wildman–Crippen LogP) is 2.40. The van der Waals surface area contributed by atoms with Crippen molar-refractivity contribution in [1.29, 1.82) is 0 Å². The van der Waals surface area contributed by atoms with Crippen molar-refractivity contribution in [3.63, 3.8) is 0 Å². The molecule has 156 valence electrons. The third-order valence-electron chi connectivity index (χ3n) is 4.24. The van der Waals surface area contributed by atoms with Gasteiger partial charge in [-0.25, -0.2) is 13.1 Å². The van der Waals surface area contributed by atoms with Crippen LogP contribution in [0.25, 0.3) is 11.0 Å². The van der Waals surface area contributed by atoms with Crippen LogP contribution in [0.3, 0.4) is 0 Å². The summed E-state index contributed by atoms with van der Waals surface area (Å²) >= 11 is 0. The van der Waals surface area contributed by atoms with Gasteiger partial charge in [-0.3, -0.25) is 9.98 Å². The number of benzene rings is 1. The van der Waals surface area contributed by atoms with Crippen LogP contribution in [0.1, 0.15) is 11.3 Å². The fraction of sp³-hybridized carbons (Fsp3) is 0.263. The average Bonchev–Trinajstić information content (AvgIpc) is 3.04. The SMILES string of the molecule is CN=C(NCCNS(=O)(=O)c1cccnc1)NCc1oc2ccccc2c1C.I. The van der Waals surface area contributed by atoms with E-state index in [1.54, 1.807) is 13.1 Å². The quantitative estimate of drug-likeness (QED) is 0.188.